The molecule has 5 nitrogen and oxygen atoms in total. The molecule has 1 saturated carbocycles. The van der Waals surface area contributed by atoms with Crippen LogP contribution in [0.4, 0.5) is 4.79 Å². The second kappa shape index (κ2) is 6.46. The zero-order valence-electron chi connectivity index (χ0n) is 12.5. The standard InChI is InChI=1S/C15H26N2O3/c1-3-11-5-4-6-12(7-11)16-15(20)17-8-10(2)13(9-17)14(18)19/h10-13H,3-9H2,1-2H3,(H,16,20)(H,18,19). The maximum Gasteiger partial charge on any atom is 0.317 e. The van der Waals surface area contributed by atoms with Gasteiger partial charge in [0.05, 0.1) is 5.92 Å². The lowest BCUT2D eigenvalue weighted by molar-refractivity contribution is -0.142. The number of likely N-dealkylation sites (tertiary alicyclic amines) is 1. The maximum absolute atomic E-state index is 12.2. The van der Waals surface area contributed by atoms with Crippen molar-refractivity contribution in [3.63, 3.8) is 0 Å². The molecule has 2 rings (SSSR count). The second-order valence-corrected chi connectivity index (χ2v) is 6.41. The van der Waals surface area contributed by atoms with Crippen LogP contribution in [0, 0.1) is 17.8 Å². The molecule has 1 heterocycles. The monoisotopic (exact) mass is 282 g/mol. The Morgan fingerprint density at radius 1 is 1.30 bits per heavy atom. The van der Waals surface area contributed by atoms with E-state index in [2.05, 4.69) is 12.2 Å². The van der Waals surface area contributed by atoms with Crippen LogP contribution in [0.2, 0.25) is 0 Å². The molecule has 4 unspecified atom stereocenters. The summed E-state index contributed by atoms with van der Waals surface area (Å²) < 4.78 is 0. The number of nitrogens with zero attached hydrogens (tertiary/aromatic N) is 1. The normalized spacial score (nSPS) is 34.0. The molecule has 1 saturated heterocycles. The summed E-state index contributed by atoms with van der Waals surface area (Å²) in [6, 6.07) is 0.183. The number of amides is 2. The molecule has 0 radical (unpaired) electrons. The molecular weight excluding hydrogens is 256 g/mol. The van der Waals surface area contributed by atoms with E-state index in [-0.39, 0.29) is 18.0 Å². The van der Waals surface area contributed by atoms with E-state index in [1.165, 1.54) is 19.3 Å². The molecule has 0 bridgehead atoms. The Hall–Kier alpha value is -1.26. The average molecular weight is 282 g/mol. The van der Waals surface area contributed by atoms with Gasteiger partial charge in [-0.3, -0.25) is 4.79 Å². The predicted octanol–water partition coefficient (Wildman–Crippen LogP) is 2.32. The van der Waals surface area contributed by atoms with Crippen LogP contribution >= 0.6 is 0 Å². The summed E-state index contributed by atoms with van der Waals surface area (Å²) in [5.74, 6) is -0.460. The van der Waals surface area contributed by atoms with Crippen molar-refractivity contribution in [2.75, 3.05) is 13.1 Å². The highest BCUT2D eigenvalue weighted by Crippen LogP contribution is 2.27. The molecule has 2 amide bonds. The molecular formula is C15H26N2O3. The van der Waals surface area contributed by atoms with E-state index >= 15 is 0 Å². The lowest BCUT2D eigenvalue weighted by Crippen LogP contribution is -2.45. The van der Waals surface area contributed by atoms with Gasteiger partial charge < -0.3 is 15.3 Å². The fourth-order valence-corrected chi connectivity index (χ4v) is 3.51. The summed E-state index contributed by atoms with van der Waals surface area (Å²) in [6.45, 7) is 4.99. The Balaban J connectivity index is 1.85. The highest BCUT2D eigenvalue weighted by atomic mass is 16.4. The molecule has 1 aliphatic heterocycles. The van der Waals surface area contributed by atoms with Crippen LogP contribution in [0.5, 0.6) is 0 Å². The molecule has 20 heavy (non-hydrogen) atoms. The first-order chi connectivity index (χ1) is 9.51. The Morgan fingerprint density at radius 3 is 2.65 bits per heavy atom. The van der Waals surface area contributed by atoms with Gasteiger partial charge in [0.1, 0.15) is 0 Å². The van der Waals surface area contributed by atoms with Crippen LogP contribution in [0.3, 0.4) is 0 Å². The van der Waals surface area contributed by atoms with Gasteiger partial charge in [-0.1, -0.05) is 33.1 Å². The summed E-state index contributed by atoms with van der Waals surface area (Å²) >= 11 is 0. The third kappa shape index (κ3) is 3.44. The Bertz CT molecular complexity index is 372. The zero-order chi connectivity index (χ0) is 14.7. The number of hydrogen-bond acceptors (Lipinski definition) is 2. The van der Waals surface area contributed by atoms with Gasteiger partial charge in [-0.05, 0) is 24.7 Å². The van der Waals surface area contributed by atoms with E-state index in [1.807, 2.05) is 6.92 Å². The first kappa shape index (κ1) is 15.1. The number of hydrogen-bond donors (Lipinski definition) is 2. The van der Waals surface area contributed by atoms with Gasteiger partial charge in [-0.25, -0.2) is 4.79 Å². The summed E-state index contributed by atoms with van der Waals surface area (Å²) in [7, 11) is 0. The van der Waals surface area contributed by atoms with Gasteiger partial charge in [-0.15, -0.1) is 0 Å². The van der Waals surface area contributed by atoms with Crippen LogP contribution in [0.25, 0.3) is 0 Å². The topological polar surface area (TPSA) is 69.6 Å². The van der Waals surface area contributed by atoms with E-state index in [4.69, 9.17) is 5.11 Å². The number of carboxylic acid groups (broad SMARTS) is 1. The van der Waals surface area contributed by atoms with Crippen LogP contribution in [-0.2, 0) is 4.79 Å². The predicted molar refractivity (Wildman–Crippen MR) is 76.4 cm³/mol. The lowest BCUT2D eigenvalue weighted by Gasteiger charge is -2.30. The fraction of sp³-hybridized carbons (Fsp3) is 0.867. The number of urea groups is 1. The van der Waals surface area contributed by atoms with Gasteiger partial charge in [0.2, 0.25) is 0 Å². The summed E-state index contributed by atoms with van der Waals surface area (Å²) in [6.07, 6.45) is 5.73. The molecule has 0 aromatic heterocycles. The van der Waals surface area contributed by atoms with Crippen molar-refractivity contribution in [1.82, 2.24) is 10.2 Å². The number of carbonyl (C=O) groups is 2. The summed E-state index contributed by atoms with van der Waals surface area (Å²) in [5, 5.41) is 12.2. The molecule has 0 aromatic carbocycles. The molecule has 2 N–H and O–H groups in total. The highest BCUT2D eigenvalue weighted by molar-refractivity contribution is 5.77. The van der Waals surface area contributed by atoms with Crippen molar-refractivity contribution in [1.29, 1.82) is 0 Å². The van der Waals surface area contributed by atoms with Gasteiger partial charge in [0.25, 0.3) is 0 Å². The lowest BCUT2D eigenvalue weighted by atomic mass is 9.84. The van der Waals surface area contributed by atoms with E-state index in [1.54, 1.807) is 4.90 Å². The number of carboxylic acids is 1. The minimum atomic E-state index is -0.795. The number of nitrogens with one attached hydrogen (secondary N) is 1. The van der Waals surface area contributed by atoms with E-state index < -0.39 is 11.9 Å². The molecule has 5 heteroatoms. The second-order valence-electron chi connectivity index (χ2n) is 6.41. The number of rotatable bonds is 3. The van der Waals surface area contributed by atoms with Crippen molar-refractivity contribution in [3.05, 3.63) is 0 Å². The molecule has 0 spiro atoms. The van der Waals surface area contributed by atoms with Crippen molar-refractivity contribution in [3.8, 4) is 0 Å². The van der Waals surface area contributed by atoms with Crippen molar-refractivity contribution >= 4 is 12.0 Å². The van der Waals surface area contributed by atoms with Crippen LogP contribution in [0.1, 0.15) is 46.0 Å². The summed E-state index contributed by atoms with van der Waals surface area (Å²) in [4.78, 5) is 25.0. The number of carbonyl (C=O) groups excluding carboxylic acids is 1. The van der Waals surface area contributed by atoms with Crippen molar-refractivity contribution < 1.29 is 14.7 Å². The summed E-state index contributed by atoms with van der Waals surface area (Å²) in [5.41, 5.74) is 0. The molecule has 0 aromatic rings. The number of aliphatic carboxylic acids is 1. The van der Waals surface area contributed by atoms with Crippen LogP contribution in [0.15, 0.2) is 0 Å². The molecule has 2 aliphatic rings. The van der Waals surface area contributed by atoms with E-state index in [9.17, 15) is 9.59 Å². The van der Waals surface area contributed by atoms with Gasteiger partial charge in [-0.2, -0.15) is 0 Å². The Labute approximate surface area is 120 Å². The SMILES string of the molecule is CCC1CCCC(NC(=O)N2CC(C)C(C(=O)O)C2)C1. The smallest absolute Gasteiger partial charge is 0.317 e. The van der Waals surface area contributed by atoms with Gasteiger partial charge in [0.15, 0.2) is 0 Å². The third-order valence-corrected chi connectivity index (χ3v) is 4.90. The molecule has 1 aliphatic carbocycles. The van der Waals surface area contributed by atoms with Crippen molar-refractivity contribution in [2.45, 2.75) is 52.0 Å². The average Bonchev–Trinajstić information content (AvgIpc) is 2.81. The minimum Gasteiger partial charge on any atom is -0.481 e. The Kier molecular flexibility index (Phi) is 4.89. The maximum atomic E-state index is 12.2. The molecule has 2 fully saturated rings. The highest BCUT2D eigenvalue weighted by Gasteiger charge is 2.37. The molecule has 4 atom stereocenters. The van der Waals surface area contributed by atoms with Gasteiger partial charge >= 0.3 is 12.0 Å². The largest absolute Gasteiger partial charge is 0.481 e. The minimum absolute atomic E-state index is 0.0352. The molecule has 114 valence electrons. The quantitative estimate of drug-likeness (QED) is 0.834. The van der Waals surface area contributed by atoms with Crippen LogP contribution < -0.4 is 5.32 Å². The van der Waals surface area contributed by atoms with E-state index in [0.717, 1.165) is 18.8 Å². The van der Waals surface area contributed by atoms with Crippen LogP contribution in [-0.4, -0.2) is 41.1 Å². The van der Waals surface area contributed by atoms with Gasteiger partial charge in [0, 0.05) is 19.1 Å². The first-order valence-corrected chi connectivity index (χ1v) is 7.79. The Morgan fingerprint density at radius 2 is 2.05 bits per heavy atom. The fourth-order valence-electron chi connectivity index (χ4n) is 3.51. The third-order valence-electron chi connectivity index (χ3n) is 4.90. The zero-order valence-corrected chi connectivity index (χ0v) is 12.5. The van der Waals surface area contributed by atoms with Crippen molar-refractivity contribution in [2.24, 2.45) is 17.8 Å². The first-order valence-electron chi connectivity index (χ1n) is 7.79. The van der Waals surface area contributed by atoms with E-state index in [0.29, 0.717) is 13.1 Å².